The predicted molar refractivity (Wildman–Crippen MR) is 87.5 cm³/mol. The highest BCUT2D eigenvalue weighted by Gasteiger charge is 2.17. The largest absolute Gasteiger partial charge is 0.425 e. The molecule has 114 valence electrons. The molecule has 0 radical (unpaired) electrons. The standard InChI is InChI=1S/C17H13ClN4O/c1-11-20-21-16(23-11)9-14-17(12-5-3-2-4-6-12)19-15-8-7-13(18)10-22(14)15/h2-8,10H,9H2,1H3. The van der Waals surface area contributed by atoms with Gasteiger partial charge in [0.05, 0.1) is 22.8 Å². The van der Waals surface area contributed by atoms with E-state index in [9.17, 15) is 0 Å². The SMILES string of the molecule is Cc1nnc(Cc2c(-c3ccccc3)nc3ccc(Cl)cn23)o1. The lowest BCUT2D eigenvalue weighted by Crippen LogP contribution is -1.97. The molecule has 0 fully saturated rings. The van der Waals surface area contributed by atoms with Crippen molar-refractivity contribution in [3.8, 4) is 11.3 Å². The maximum Gasteiger partial charge on any atom is 0.222 e. The molecule has 0 atom stereocenters. The maximum absolute atomic E-state index is 6.15. The summed E-state index contributed by atoms with van der Waals surface area (Å²) in [6.07, 6.45) is 2.35. The minimum Gasteiger partial charge on any atom is -0.425 e. The van der Waals surface area contributed by atoms with E-state index in [1.165, 1.54) is 0 Å². The van der Waals surface area contributed by atoms with E-state index in [-0.39, 0.29) is 0 Å². The summed E-state index contributed by atoms with van der Waals surface area (Å²) in [4.78, 5) is 4.74. The van der Waals surface area contributed by atoms with Crippen LogP contribution in [0.1, 0.15) is 17.5 Å². The summed E-state index contributed by atoms with van der Waals surface area (Å²) in [7, 11) is 0. The number of benzene rings is 1. The lowest BCUT2D eigenvalue weighted by atomic mass is 10.1. The third-order valence-corrected chi connectivity index (χ3v) is 3.84. The fourth-order valence-corrected chi connectivity index (χ4v) is 2.78. The minimum absolute atomic E-state index is 0.493. The molecule has 0 bridgehead atoms. The summed E-state index contributed by atoms with van der Waals surface area (Å²) >= 11 is 6.15. The van der Waals surface area contributed by atoms with E-state index >= 15 is 0 Å². The van der Waals surface area contributed by atoms with Gasteiger partial charge in [-0.05, 0) is 12.1 Å². The molecule has 0 amide bonds. The van der Waals surface area contributed by atoms with Crippen LogP contribution in [-0.2, 0) is 6.42 Å². The molecule has 0 aliphatic rings. The van der Waals surface area contributed by atoms with Crippen LogP contribution in [0.2, 0.25) is 5.02 Å². The normalized spacial score (nSPS) is 11.2. The van der Waals surface area contributed by atoms with Crippen LogP contribution in [0.5, 0.6) is 0 Å². The summed E-state index contributed by atoms with van der Waals surface area (Å²) in [6, 6.07) is 13.8. The molecule has 4 rings (SSSR count). The smallest absolute Gasteiger partial charge is 0.222 e. The molecule has 6 heteroatoms. The van der Waals surface area contributed by atoms with Gasteiger partial charge in [0.25, 0.3) is 0 Å². The average molecular weight is 325 g/mol. The van der Waals surface area contributed by atoms with Crippen LogP contribution >= 0.6 is 11.6 Å². The Morgan fingerprint density at radius 1 is 1.09 bits per heavy atom. The summed E-state index contributed by atoms with van der Waals surface area (Å²) < 4.78 is 7.51. The Kier molecular flexibility index (Phi) is 3.35. The number of hydrogen-bond donors (Lipinski definition) is 0. The lowest BCUT2D eigenvalue weighted by Gasteiger charge is -2.03. The van der Waals surface area contributed by atoms with Crippen molar-refractivity contribution in [1.29, 1.82) is 0 Å². The first-order chi connectivity index (χ1) is 11.2. The minimum atomic E-state index is 0.493. The highest BCUT2D eigenvalue weighted by Crippen LogP contribution is 2.27. The molecule has 0 saturated carbocycles. The van der Waals surface area contributed by atoms with Crippen LogP contribution in [0.15, 0.2) is 53.1 Å². The molecule has 23 heavy (non-hydrogen) atoms. The molecule has 0 aliphatic carbocycles. The number of pyridine rings is 1. The fraction of sp³-hybridized carbons (Fsp3) is 0.118. The first-order valence-electron chi connectivity index (χ1n) is 7.21. The second kappa shape index (κ2) is 5.52. The number of fused-ring (bicyclic) bond motifs is 1. The van der Waals surface area contributed by atoms with Crippen molar-refractivity contribution in [3.05, 3.63) is 71.2 Å². The van der Waals surface area contributed by atoms with Crippen molar-refractivity contribution in [2.24, 2.45) is 0 Å². The van der Waals surface area contributed by atoms with E-state index in [0.717, 1.165) is 22.6 Å². The molecule has 4 aromatic rings. The molecule has 0 unspecified atom stereocenters. The zero-order valence-electron chi connectivity index (χ0n) is 12.4. The summed E-state index contributed by atoms with van der Waals surface area (Å²) in [5.74, 6) is 1.11. The van der Waals surface area contributed by atoms with Gasteiger partial charge < -0.3 is 8.82 Å². The van der Waals surface area contributed by atoms with Crippen LogP contribution in [0.25, 0.3) is 16.9 Å². The number of nitrogens with zero attached hydrogens (tertiary/aromatic N) is 4. The zero-order chi connectivity index (χ0) is 15.8. The zero-order valence-corrected chi connectivity index (χ0v) is 13.2. The lowest BCUT2D eigenvalue weighted by molar-refractivity contribution is 0.475. The molecule has 3 heterocycles. The Morgan fingerprint density at radius 3 is 2.65 bits per heavy atom. The second-order valence-corrected chi connectivity index (χ2v) is 5.68. The maximum atomic E-state index is 6.15. The topological polar surface area (TPSA) is 56.2 Å². The van der Waals surface area contributed by atoms with Crippen molar-refractivity contribution in [2.45, 2.75) is 13.3 Å². The van der Waals surface area contributed by atoms with Gasteiger partial charge in [0, 0.05) is 18.7 Å². The molecular weight excluding hydrogens is 312 g/mol. The number of imidazole rings is 1. The van der Waals surface area contributed by atoms with Gasteiger partial charge in [-0.1, -0.05) is 41.9 Å². The van der Waals surface area contributed by atoms with Crippen molar-refractivity contribution in [3.63, 3.8) is 0 Å². The molecule has 3 aromatic heterocycles. The third-order valence-electron chi connectivity index (χ3n) is 3.62. The Morgan fingerprint density at radius 2 is 1.91 bits per heavy atom. The Labute approximate surface area is 137 Å². The van der Waals surface area contributed by atoms with Crippen molar-refractivity contribution >= 4 is 17.2 Å². The van der Waals surface area contributed by atoms with Crippen molar-refractivity contribution < 1.29 is 4.42 Å². The van der Waals surface area contributed by atoms with Gasteiger partial charge in [0.15, 0.2) is 0 Å². The Hall–Kier alpha value is -2.66. The van der Waals surface area contributed by atoms with Gasteiger partial charge >= 0.3 is 0 Å². The van der Waals surface area contributed by atoms with Gasteiger partial charge in [-0.15, -0.1) is 10.2 Å². The molecule has 0 spiro atoms. The number of hydrogen-bond acceptors (Lipinski definition) is 4. The summed E-state index contributed by atoms with van der Waals surface area (Å²) in [5, 5.41) is 8.64. The predicted octanol–water partition coefficient (Wildman–Crippen LogP) is 3.94. The average Bonchev–Trinajstić information content (AvgIpc) is 3.13. The van der Waals surface area contributed by atoms with Gasteiger partial charge in [-0.3, -0.25) is 0 Å². The summed E-state index contributed by atoms with van der Waals surface area (Å²) in [5.41, 5.74) is 3.74. The number of halogens is 1. The highest BCUT2D eigenvalue weighted by atomic mass is 35.5. The van der Waals surface area contributed by atoms with E-state index in [1.54, 1.807) is 6.92 Å². The van der Waals surface area contributed by atoms with Gasteiger partial charge in [0.1, 0.15) is 5.65 Å². The third kappa shape index (κ3) is 2.59. The van der Waals surface area contributed by atoms with Crippen molar-refractivity contribution in [1.82, 2.24) is 19.6 Å². The quantitative estimate of drug-likeness (QED) is 0.573. The number of aryl methyl sites for hydroxylation is 1. The molecule has 0 aliphatic heterocycles. The van der Waals surface area contributed by atoms with Gasteiger partial charge in [-0.2, -0.15) is 0 Å². The second-order valence-electron chi connectivity index (χ2n) is 5.24. The number of rotatable bonds is 3. The van der Waals surface area contributed by atoms with E-state index in [1.807, 2.05) is 53.1 Å². The molecule has 5 nitrogen and oxygen atoms in total. The van der Waals surface area contributed by atoms with E-state index < -0.39 is 0 Å². The number of aromatic nitrogens is 4. The van der Waals surface area contributed by atoms with E-state index in [0.29, 0.717) is 23.2 Å². The summed E-state index contributed by atoms with van der Waals surface area (Å²) in [6.45, 7) is 1.78. The first-order valence-corrected chi connectivity index (χ1v) is 7.59. The molecule has 0 saturated heterocycles. The van der Waals surface area contributed by atoms with Crippen LogP contribution in [0, 0.1) is 6.92 Å². The van der Waals surface area contributed by atoms with Crippen LogP contribution < -0.4 is 0 Å². The molecular formula is C17H13ClN4O. The van der Waals surface area contributed by atoms with E-state index in [4.69, 9.17) is 21.0 Å². The monoisotopic (exact) mass is 324 g/mol. The van der Waals surface area contributed by atoms with Crippen LogP contribution in [0.3, 0.4) is 0 Å². The Balaban J connectivity index is 1.92. The van der Waals surface area contributed by atoms with Gasteiger partial charge in [0.2, 0.25) is 11.8 Å². The first kappa shape index (κ1) is 14.0. The van der Waals surface area contributed by atoms with E-state index in [2.05, 4.69) is 10.2 Å². The van der Waals surface area contributed by atoms with Crippen LogP contribution in [0.4, 0.5) is 0 Å². The fourth-order valence-electron chi connectivity index (χ4n) is 2.62. The molecule has 1 aromatic carbocycles. The van der Waals surface area contributed by atoms with Crippen molar-refractivity contribution in [2.75, 3.05) is 0 Å². The van der Waals surface area contributed by atoms with Crippen LogP contribution in [-0.4, -0.2) is 19.6 Å². The molecule has 0 N–H and O–H groups in total. The Bertz CT molecular complexity index is 975. The highest BCUT2D eigenvalue weighted by molar-refractivity contribution is 6.30. The van der Waals surface area contributed by atoms with Gasteiger partial charge in [-0.25, -0.2) is 4.98 Å².